The lowest BCUT2D eigenvalue weighted by molar-refractivity contribution is -0.138. The molecule has 0 saturated carbocycles. The van der Waals surface area contributed by atoms with E-state index < -0.39 is 0 Å². The predicted octanol–water partition coefficient (Wildman–Crippen LogP) is 4.69. The summed E-state index contributed by atoms with van der Waals surface area (Å²) < 4.78 is 0. The number of aromatic hydroxyl groups is 1. The Morgan fingerprint density at radius 2 is 1.72 bits per heavy atom. The topological polar surface area (TPSA) is 72.9 Å². The molecule has 0 radical (unpaired) electrons. The van der Waals surface area contributed by atoms with Gasteiger partial charge in [-0.05, 0) is 62.3 Å². The summed E-state index contributed by atoms with van der Waals surface area (Å²) in [4.78, 5) is 27.1. The summed E-state index contributed by atoms with van der Waals surface area (Å²) in [5.41, 5.74) is 9.91. The van der Waals surface area contributed by atoms with Crippen LogP contribution in [0.25, 0.3) is 5.57 Å². The third-order valence-electron chi connectivity index (χ3n) is 6.61. The molecule has 3 aliphatic rings. The van der Waals surface area contributed by atoms with E-state index in [9.17, 15) is 14.7 Å². The van der Waals surface area contributed by atoms with E-state index in [1.165, 1.54) is 4.90 Å². The normalized spacial score (nSPS) is 18.5. The molecule has 0 aromatic heterocycles. The van der Waals surface area contributed by atoms with Crippen molar-refractivity contribution < 1.29 is 14.7 Å². The van der Waals surface area contributed by atoms with Crippen LogP contribution >= 0.6 is 0 Å². The number of phenolic OH excluding ortho intramolecular Hbond substituents is 1. The molecule has 2 aliphatic heterocycles. The third-order valence-corrected chi connectivity index (χ3v) is 6.61. The highest BCUT2D eigenvalue weighted by Gasteiger charge is 2.39. The Hall–Kier alpha value is -3.54. The molecule has 0 bridgehead atoms. The Morgan fingerprint density at radius 3 is 2.44 bits per heavy atom. The van der Waals surface area contributed by atoms with Crippen LogP contribution in [0, 0.1) is 6.92 Å². The van der Waals surface area contributed by atoms with Gasteiger partial charge in [0.05, 0.1) is 17.9 Å². The molecule has 2 heterocycles. The fraction of sp³-hybridized carbons (Fsp3) is 0.308. The average molecular weight is 430 g/mol. The number of para-hydroxylation sites is 1. The lowest BCUT2D eigenvalue weighted by Crippen LogP contribution is -2.32. The van der Waals surface area contributed by atoms with Crippen LogP contribution in [0.4, 0.5) is 11.4 Å². The molecule has 0 fully saturated rings. The molecule has 2 N–H and O–H groups in total. The first-order valence-electron chi connectivity index (χ1n) is 11.2. The molecule has 0 atom stereocenters. The van der Waals surface area contributed by atoms with E-state index >= 15 is 0 Å². The smallest absolute Gasteiger partial charge is 0.257 e. The van der Waals surface area contributed by atoms with Gasteiger partial charge in [0.25, 0.3) is 11.8 Å². The SMILES string of the molecule is C=C1CCN(c2cc(C)cc(CN3C(=O)C4=C(CCCC4)C3=O)c2O)Nc2ccccc21. The van der Waals surface area contributed by atoms with Gasteiger partial charge >= 0.3 is 0 Å². The zero-order chi connectivity index (χ0) is 22.4. The van der Waals surface area contributed by atoms with Crippen molar-refractivity contribution in [2.75, 3.05) is 17.0 Å². The van der Waals surface area contributed by atoms with Crippen molar-refractivity contribution in [2.24, 2.45) is 0 Å². The predicted molar refractivity (Wildman–Crippen MR) is 125 cm³/mol. The van der Waals surface area contributed by atoms with Crippen molar-refractivity contribution in [1.82, 2.24) is 4.90 Å². The second-order valence-electron chi connectivity index (χ2n) is 8.82. The van der Waals surface area contributed by atoms with Crippen LogP contribution in [0.2, 0.25) is 0 Å². The summed E-state index contributed by atoms with van der Waals surface area (Å²) in [6.07, 6.45) is 3.97. The lowest BCUT2D eigenvalue weighted by Gasteiger charge is -2.27. The maximum absolute atomic E-state index is 12.9. The minimum absolute atomic E-state index is 0.0717. The van der Waals surface area contributed by atoms with E-state index in [0.29, 0.717) is 41.8 Å². The summed E-state index contributed by atoms with van der Waals surface area (Å²) in [6, 6.07) is 11.7. The summed E-state index contributed by atoms with van der Waals surface area (Å²) in [7, 11) is 0. The Labute approximate surface area is 187 Å². The van der Waals surface area contributed by atoms with Gasteiger partial charge in [-0.3, -0.25) is 24.9 Å². The molecule has 0 spiro atoms. The standard InChI is InChI=1S/C26H27N3O3/c1-16-13-18(15-28-25(31)20-8-3-4-9-21(20)26(28)32)24(30)23(14-16)29-12-11-17(2)19-7-5-6-10-22(19)27-29/h5-7,10,13-14,27,30H,2-4,8-9,11-12,15H2,1H3. The quantitative estimate of drug-likeness (QED) is 0.693. The number of hydrogen-bond acceptors (Lipinski definition) is 5. The van der Waals surface area contributed by atoms with Crippen LogP contribution in [0.1, 0.15) is 48.8 Å². The molecule has 164 valence electrons. The summed E-state index contributed by atoms with van der Waals surface area (Å²) in [5.74, 6) is -0.325. The van der Waals surface area contributed by atoms with Gasteiger partial charge in [-0.15, -0.1) is 0 Å². The van der Waals surface area contributed by atoms with Crippen LogP contribution in [-0.4, -0.2) is 28.4 Å². The molecule has 0 saturated heterocycles. The Bertz CT molecular complexity index is 1150. The number of hydrogen-bond donors (Lipinski definition) is 2. The summed E-state index contributed by atoms with van der Waals surface area (Å²) in [6.45, 7) is 6.86. The molecule has 0 unspecified atom stereocenters. The molecule has 2 amide bonds. The number of carbonyl (C=O) groups is 2. The number of hydrazine groups is 1. The number of anilines is 2. The number of amides is 2. The number of phenols is 1. The average Bonchev–Trinajstić information content (AvgIpc) is 2.93. The molecule has 1 aliphatic carbocycles. The molecule has 5 rings (SSSR count). The van der Waals surface area contributed by atoms with Crippen LogP contribution in [0.5, 0.6) is 5.75 Å². The maximum atomic E-state index is 12.9. The first-order chi connectivity index (χ1) is 15.4. The highest BCUT2D eigenvalue weighted by Crippen LogP contribution is 2.39. The van der Waals surface area contributed by atoms with Gasteiger partial charge in [0.2, 0.25) is 0 Å². The minimum Gasteiger partial charge on any atom is -0.505 e. The molecule has 6 nitrogen and oxygen atoms in total. The summed E-state index contributed by atoms with van der Waals surface area (Å²) in [5, 5.41) is 13.1. The number of rotatable bonds is 3. The second kappa shape index (κ2) is 7.86. The lowest BCUT2D eigenvalue weighted by atomic mass is 9.93. The van der Waals surface area contributed by atoms with Crippen molar-refractivity contribution >= 4 is 28.8 Å². The van der Waals surface area contributed by atoms with Crippen LogP contribution < -0.4 is 10.4 Å². The number of nitrogens with zero attached hydrogens (tertiary/aromatic N) is 2. The van der Waals surface area contributed by atoms with Crippen LogP contribution in [0.3, 0.4) is 0 Å². The van der Waals surface area contributed by atoms with Gasteiger partial charge in [0, 0.05) is 28.8 Å². The van der Waals surface area contributed by atoms with E-state index in [2.05, 4.69) is 12.0 Å². The molecular weight excluding hydrogens is 402 g/mol. The van der Waals surface area contributed by atoms with Crippen molar-refractivity contribution in [3.8, 4) is 5.75 Å². The molecule has 32 heavy (non-hydrogen) atoms. The van der Waals surface area contributed by atoms with E-state index in [0.717, 1.165) is 41.6 Å². The first kappa shape index (κ1) is 20.4. The van der Waals surface area contributed by atoms with E-state index in [4.69, 9.17) is 0 Å². The number of imide groups is 1. The van der Waals surface area contributed by atoms with Gasteiger partial charge in [-0.25, -0.2) is 0 Å². The minimum atomic E-state index is -0.203. The number of aryl methyl sites for hydroxylation is 1. The van der Waals surface area contributed by atoms with E-state index in [-0.39, 0.29) is 24.1 Å². The fourth-order valence-corrected chi connectivity index (χ4v) is 4.92. The zero-order valence-corrected chi connectivity index (χ0v) is 18.3. The Morgan fingerprint density at radius 1 is 1.03 bits per heavy atom. The highest BCUT2D eigenvalue weighted by molar-refractivity contribution is 6.19. The van der Waals surface area contributed by atoms with Crippen molar-refractivity contribution in [2.45, 2.75) is 45.6 Å². The molecule has 2 aromatic carbocycles. The largest absolute Gasteiger partial charge is 0.505 e. The van der Waals surface area contributed by atoms with E-state index in [1.807, 2.05) is 48.3 Å². The Balaban J connectivity index is 1.46. The van der Waals surface area contributed by atoms with Gasteiger partial charge in [-0.1, -0.05) is 30.8 Å². The zero-order valence-electron chi connectivity index (χ0n) is 18.3. The maximum Gasteiger partial charge on any atom is 0.257 e. The number of fused-ring (bicyclic) bond motifs is 1. The fourth-order valence-electron chi connectivity index (χ4n) is 4.92. The van der Waals surface area contributed by atoms with Crippen LogP contribution in [0.15, 0.2) is 54.1 Å². The van der Waals surface area contributed by atoms with Crippen molar-refractivity contribution in [3.63, 3.8) is 0 Å². The molecular formula is C26H27N3O3. The summed E-state index contributed by atoms with van der Waals surface area (Å²) >= 11 is 0. The highest BCUT2D eigenvalue weighted by atomic mass is 16.3. The van der Waals surface area contributed by atoms with Gasteiger partial charge in [0.15, 0.2) is 0 Å². The number of benzene rings is 2. The third kappa shape index (κ3) is 3.36. The first-order valence-corrected chi connectivity index (χ1v) is 11.2. The molecule has 6 heteroatoms. The van der Waals surface area contributed by atoms with Gasteiger partial charge in [0.1, 0.15) is 5.75 Å². The number of nitrogens with one attached hydrogen (secondary N) is 1. The van der Waals surface area contributed by atoms with Gasteiger partial charge < -0.3 is 5.11 Å². The van der Waals surface area contributed by atoms with Gasteiger partial charge in [-0.2, -0.15) is 0 Å². The van der Waals surface area contributed by atoms with Crippen molar-refractivity contribution in [1.29, 1.82) is 0 Å². The van der Waals surface area contributed by atoms with Crippen LogP contribution in [-0.2, 0) is 16.1 Å². The monoisotopic (exact) mass is 429 g/mol. The molecule has 2 aromatic rings. The van der Waals surface area contributed by atoms with E-state index in [1.54, 1.807) is 0 Å². The Kier molecular flexibility index (Phi) is 5.00. The number of carbonyl (C=O) groups excluding carboxylic acids is 2. The second-order valence-corrected chi connectivity index (χ2v) is 8.82. The van der Waals surface area contributed by atoms with Crippen molar-refractivity contribution in [3.05, 3.63) is 70.8 Å².